The summed E-state index contributed by atoms with van der Waals surface area (Å²) in [7, 11) is 2.10. The molecule has 0 aromatic carbocycles. The van der Waals surface area contributed by atoms with Crippen molar-refractivity contribution in [1.29, 1.82) is 5.26 Å². The third-order valence-electron chi connectivity index (χ3n) is 10.8. The van der Waals surface area contributed by atoms with E-state index in [4.69, 9.17) is 28.3 Å². The number of ether oxygens (including phenoxy) is 2. The number of quaternary nitrogens is 1. The van der Waals surface area contributed by atoms with Gasteiger partial charge in [-0.2, -0.15) is 5.26 Å². The van der Waals surface area contributed by atoms with Crippen LogP contribution >= 0.6 is 7.82 Å². The number of phosphoric ester groups is 1. The molecule has 0 aliphatic carbocycles. The summed E-state index contributed by atoms with van der Waals surface area (Å²) in [4.78, 5) is 25.6. The lowest BCUT2D eigenvalue weighted by molar-refractivity contribution is -0.870. The van der Waals surface area contributed by atoms with E-state index in [1.54, 1.807) is 0 Å². The van der Waals surface area contributed by atoms with Gasteiger partial charge in [0, 0.05) is 19.3 Å². The van der Waals surface area contributed by atoms with Crippen molar-refractivity contribution < 1.29 is 54.1 Å². The zero-order valence-corrected chi connectivity index (χ0v) is 41.3. The van der Waals surface area contributed by atoms with Crippen molar-refractivity contribution in [3.8, 4) is 6.07 Å². The molecule has 12 heteroatoms. The van der Waals surface area contributed by atoms with Gasteiger partial charge in [-0.1, -0.05) is 194 Å². The van der Waals surface area contributed by atoms with E-state index in [9.17, 15) is 14.2 Å². The number of nitrogens with zero attached hydrogens (tertiary/aromatic N) is 2. The summed E-state index contributed by atoms with van der Waals surface area (Å²) in [6.07, 6.45) is 37.6. The molecule has 2 atom stereocenters. The van der Waals surface area contributed by atoms with Gasteiger partial charge >= 0.3 is 19.8 Å². The van der Waals surface area contributed by atoms with Crippen molar-refractivity contribution in [2.24, 2.45) is 0 Å². The standard InChI is InChI=1S/C48H94N2O8P.ClH/c1-6-8-10-12-14-16-18-20-22-24-26-28-30-32-34-38-47(51)54-44-46(45-57-59(53,55-42-36-40-49)56-43-37-41-50(3,4)5)58-48(52)39-35-33-31-29-27-25-23-21-19-17-15-13-11-9-7-2;/h46H,6-39,41-45H2,1-5H3;1H/q+1;/p-1. The molecule has 0 radical (unpaired) electrons. The summed E-state index contributed by atoms with van der Waals surface area (Å²) in [5, 5.41) is 8.98. The summed E-state index contributed by atoms with van der Waals surface area (Å²) in [6.45, 7) is 4.79. The minimum Gasteiger partial charge on any atom is -1.00 e. The zero-order chi connectivity index (χ0) is 43.6. The first kappa shape index (κ1) is 60.9. The van der Waals surface area contributed by atoms with Crippen LogP contribution in [0.25, 0.3) is 0 Å². The van der Waals surface area contributed by atoms with Crippen molar-refractivity contribution in [3.05, 3.63) is 0 Å². The number of hydrogen-bond donors (Lipinski definition) is 0. The number of carbonyl (C=O) groups is 2. The fraction of sp³-hybridized carbons (Fsp3) is 0.938. The minimum atomic E-state index is -4.07. The smallest absolute Gasteiger partial charge is 0.474 e. The first-order chi connectivity index (χ1) is 28.5. The van der Waals surface area contributed by atoms with E-state index in [2.05, 4.69) is 35.0 Å². The summed E-state index contributed by atoms with van der Waals surface area (Å²) < 4.78 is 42.1. The number of carbonyl (C=O) groups excluding carboxylic acids is 2. The highest BCUT2D eigenvalue weighted by atomic mass is 35.5. The Balaban J connectivity index is 0. The third kappa shape index (κ3) is 44.8. The summed E-state index contributed by atoms with van der Waals surface area (Å²) in [5.74, 6) is -0.760. The Bertz CT molecular complexity index is 1050. The molecule has 356 valence electrons. The van der Waals surface area contributed by atoms with Gasteiger partial charge in [-0.3, -0.25) is 23.2 Å². The van der Waals surface area contributed by atoms with E-state index in [-0.39, 0.29) is 57.6 Å². The Morgan fingerprint density at radius 2 is 0.883 bits per heavy atom. The Morgan fingerprint density at radius 3 is 1.27 bits per heavy atom. The van der Waals surface area contributed by atoms with Crippen LogP contribution in [0, 0.1) is 11.3 Å². The van der Waals surface area contributed by atoms with Gasteiger partial charge in [0.1, 0.15) is 6.61 Å². The molecule has 0 aromatic heterocycles. The highest BCUT2D eigenvalue weighted by Crippen LogP contribution is 2.49. The Morgan fingerprint density at radius 1 is 0.517 bits per heavy atom. The molecule has 0 spiro atoms. The fourth-order valence-electron chi connectivity index (χ4n) is 7.10. The maximum absolute atomic E-state index is 13.5. The lowest BCUT2D eigenvalue weighted by Crippen LogP contribution is -3.00. The number of esters is 2. The van der Waals surface area contributed by atoms with Gasteiger partial charge in [-0.15, -0.1) is 0 Å². The van der Waals surface area contributed by atoms with Crippen LogP contribution in [0.3, 0.4) is 0 Å². The fourth-order valence-corrected chi connectivity index (χ4v) is 8.34. The van der Waals surface area contributed by atoms with Gasteiger partial charge < -0.3 is 26.4 Å². The largest absolute Gasteiger partial charge is 1.00 e. The van der Waals surface area contributed by atoms with E-state index in [0.29, 0.717) is 23.7 Å². The second kappa shape index (κ2) is 44.4. The maximum atomic E-state index is 13.5. The molecule has 0 heterocycles. The zero-order valence-electron chi connectivity index (χ0n) is 39.6. The average molecular weight is 894 g/mol. The molecule has 0 rings (SSSR count). The van der Waals surface area contributed by atoms with Crippen LogP contribution in [0.4, 0.5) is 0 Å². The van der Waals surface area contributed by atoms with Gasteiger partial charge in [0.15, 0.2) is 6.10 Å². The molecule has 0 fully saturated rings. The number of nitriles is 1. The Kier molecular flexibility index (Phi) is 45.0. The van der Waals surface area contributed by atoms with Gasteiger partial charge in [-0.25, -0.2) is 4.57 Å². The lowest BCUT2D eigenvalue weighted by Gasteiger charge is -2.25. The predicted octanol–water partition coefficient (Wildman–Crippen LogP) is 11.1. The molecule has 0 aliphatic rings. The van der Waals surface area contributed by atoms with E-state index in [1.807, 2.05) is 6.07 Å². The third-order valence-corrected chi connectivity index (χ3v) is 12.3. The Labute approximate surface area is 376 Å². The normalized spacial score (nSPS) is 13.0. The van der Waals surface area contributed by atoms with E-state index in [1.165, 1.54) is 154 Å². The molecule has 2 unspecified atom stereocenters. The van der Waals surface area contributed by atoms with Crippen LogP contribution < -0.4 is 12.4 Å². The number of halogens is 1. The van der Waals surface area contributed by atoms with Crippen molar-refractivity contribution in [2.45, 2.75) is 238 Å². The van der Waals surface area contributed by atoms with Crippen molar-refractivity contribution in [2.75, 3.05) is 54.1 Å². The minimum absolute atomic E-state index is 0. The molecule has 0 N–H and O–H groups in total. The van der Waals surface area contributed by atoms with E-state index < -0.39 is 19.9 Å². The van der Waals surface area contributed by atoms with Crippen LogP contribution in [-0.4, -0.2) is 76.6 Å². The van der Waals surface area contributed by atoms with E-state index >= 15 is 0 Å². The van der Waals surface area contributed by atoms with Crippen LogP contribution in [0.15, 0.2) is 0 Å². The summed E-state index contributed by atoms with van der Waals surface area (Å²) in [6, 6.07) is 1.97. The monoisotopic (exact) mass is 893 g/mol. The highest BCUT2D eigenvalue weighted by molar-refractivity contribution is 7.48. The highest BCUT2D eigenvalue weighted by Gasteiger charge is 2.30. The van der Waals surface area contributed by atoms with Crippen LogP contribution in [-0.2, 0) is 37.2 Å². The molecule has 60 heavy (non-hydrogen) atoms. The number of hydrogen-bond acceptors (Lipinski definition) is 9. The first-order valence-corrected chi connectivity index (χ1v) is 26.1. The lowest BCUT2D eigenvalue weighted by atomic mass is 10.0. The molecule has 10 nitrogen and oxygen atoms in total. The number of phosphoric acid groups is 1. The molecule has 0 saturated heterocycles. The van der Waals surface area contributed by atoms with Crippen molar-refractivity contribution in [3.63, 3.8) is 0 Å². The number of rotatable bonds is 46. The molecule has 0 bridgehead atoms. The predicted molar refractivity (Wildman–Crippen MR) is 243 cm³/mol. The van der Waals surface area contributed by atoms with Crippen LogP contribution in [0.1, 0.15) is 232 Å². The maximum Gasteiger partial charge on any atom is 0.474 e. The second-order valence-corrected chi connectivity index (χ2v) is 19.5. The average Bonchev–Trinajstić information content (AvgIpc) is 3.20. The second-order valence-electron chi connectivity index (χ2n) is 17.9. The van der Waals surface area contributed by atoms with Crippen molar-refractivity contribution in [1.82, 2.24) is 0 Å². The molecular weight excluding hydrogens is 799 g/mol. The van der Waals surface area contributed by atoms with Gasteiger partial charge in [-0.05, 0) is 12.8 Å². The number of unbranched alkanes of at least 4 members (excludes halogenated alkanes) is 28. The molecule has 0 amide bonds. The SMILES string of the molecule is CCCCCCCCCCCCCCCCCC(=O)OCC(COP(=O)(OCCC#N)OCCC[N+](C)(C)C)OC(=O)CCCCCCCCCCCCCCCCC.[Cl-]. The first-order valence-electron chi connectivity index (χ1n) is 24.6. The van der Waals surface area contributed by atoms with Gasteiger partial charge in [0.25, 0.3) is 0 Å². The van der Waals surface area contributed by atoms with Gasteiger partial charge in [0.05, 0.1) is 60.0 Å². The van der Waals surface area contributed by atoms with E-state index in [0.717, 1.165) is 38.6 Å². The van der Waals surface area contributed by atoms with Crippen LogP contribution in [0.5, 0.6) is 0 Å². The summed E-state index contributed by atoms with van der Waals surface area (Å²) in [5.41, 5.74) is 0. The van der Waals surface area contributed by atoms with Gasteiger partial charge in [0.2, 0.25) is 0 Å². The quantitative estimate of drug-likeness (QED) is 0.0254. The molecule has 0 aliphatic heterocycles. The topological polar surface area (TPSA) is 121 Å². The van der Waals surface area contributed by atoms with Crippen molar-refractivity contribution >= 4 is 19.8 Å². The molecular formula is C48H94ClN2O8P. The van der Waals surface area contributed by atoms with Crippen LogP contribution in [0.2, 0.25) is 0 Å². The summed E-state index contributed by atoms with van der Waals surface area (Å²) >= 11 is 0. The molecule has 0 saturated carbocycles. The Hall–Kier alpha value is -1.21. The molecule has 0 aromatic rings.